The topological polar surface area (TPSA) is 20.2 Å². The van der Waals surface area contributed by atoms with E-state index in [4.69, 9.17) is 11.6 Å². The van der Waals surface area contributed by atoms with Gasteiger partial charge in [0.25, 0.3) is 0 Å². The predicted octanol–water partition coefficient (Wildman–Crippen LogP) is 3.27. The van der Waals surface area contributed by atoms with Crippen LogP contribution in [-0.4, -0.2) is 11.2 Å². The first kappa shape index (κ1) is 9.75. The molecule has 0 saturated heterocycles. The highest BCUT2D eigenvalue weighted by Gasteiger charge is 2.15. The SMILES string of the molecule is OC1CC/C(=C/c2ccc(Cl)cc2)C1. The average molecular weight is 209 g/mol. The van der Waals surface area contributed by atoms with Gasteiger partial charge in [-0.2, -0.15) is 0 Å². The van der Waals surface area contributed by atoms with Crippen LogP contribution in [0, 0.1) is 0 Å². The van der Waals surface area contributed by atoms with E-state index in [2.05, 4.69) is 6.08 Å². The zero-order valence-corrected chi connectivity index (χ0v) is 8.67. The zero-order chi connectivity index (χ0) is 9.97. The highest BCUT2D eigenvalue weighted by atomic mass is 35.5. The van der Waals surface area contributed by atoms with E-state index >= 15 is 0 Å². The summed E-state index contributed by atoms with van der Waals surface area (Å²) in [4.78, 5) is 0. The van der Waals surface area contributed by atoms with E-state index in [9.17, 15) is 5.11 Å². The molecule has 1 aliphatic carbocycles. The van der Waals surface area contributed by atoms with Crippen molar-refractivity contribution in [2.75, 3.05) is 0 Å². The minimum atomic E-state index is -0.131. The Bertz CT molecular complexity index is 340. The molecule has 0 spiro atoms. The van der Waals surface area contributed by atoms with Crippen molar-refractivity contribution in [3.05, 3.63) is 40.4 Å². The third-order valence-corrected chi connectivity index (χ3v) is 2.79. The average Bonchev–Trinajstić information content (AvgIpc) is 2.56. The van der Waals surface area contributed by atoms with Crippen molar-refractivity contribution in [2.45, 2.75) is 25.4 Å². The molecule has 0 aliphatic heterocycles. The fourth-order valence-corrected chi connectivity index (χ4v) is 1.91. The molecular formula is C12H13ClO. The van der Waals surface area contributed by atoms with Gasteiger partial charge in [0, 0.05) is 5.02 Å². The summed E-state index contributed by atoms with van der Waals surface area (Å²) >= 11 is 5.79. The van der Waals surface area contributed by atoms with Crippen LogP contribution in [0.4, 0.5) is 0 Å². The lowest BCUT2D eigenvalue weighted by molar-refractivity contribution is 0.186. The van der Waals surface area contributed by atoms with E-state index < -0.39 is 0 Å². The Balaban J connectivity index is 2.13. The number of hydrogen-bond acceptors (Lipinski definition) is 1. The molecule has 1 atom stereocenters. The van der Waals surface area contributed by atoms with Crippen LogP contribution in [-0.2, 0) is 0 Å². The standard InChI is InChI=1S/C12H13ClO/c13-11-4-1-9(2-5-11)7-10-3-6-12(14)8-10/h1-2,4-5,7,12,14H,3,6,8H2/b10-7-. The van der Waals surface area contributed by atoms with Gasteiger partial charge in [-0.05, 0) is 37.0 Å². The first-order valence-corrected chi connectivity index (χ1v) is 5.25. The van der Waals surface area contributed by atoms with Crippen LogP contribution in [0.1, 0.15) is 24.8 Å². The van der Waals surface area contributed by atoms with Crippen LogP contribution in [0.25, 0.3) is 6.08 Å². The molecule has 74 valence electrons. The van der Waals surface area contributed by atoms with Crippen molar-refractivity contribution < 1.29 is 5.11 Å². The van der Waals surface area contributed by atoms with Crippen LogP contribution in [0.15, 0.2) is 29.8 Å². The smallest absolute Gasteiger partial charge is 0.0580 e. The van der Waals surface area contributed by atoms with Gasteiger partial charge < -0.3 is 5.11 Å². The summed E-state index contributed by atoms with van der Waals surface area (Å²) in [5.41, 5.74) is 2.50. The number of rotatable bonds is 1. The normalized spacial score (nSPS) is 24.4. The first-order valence-electron chi connectivity index (χ1n) is 4.87. The van der Waals surface area contributed by atoms with Crippen LogP contribution < -0.4 is 0 Å². The largest absolute Gasteiger partial charge is 0.393 e. The summed E-state index contributed by atoms with van der Waals surface area (Å²) in [7, 11) is 0. The Labute approximate surface area is 89.0 Å². The van der Waals surface area contributed by atoms with Crippen LogP contribution in [0.5, 0.6) is 0 Å². The molecule has 0 heterocycles. The van der Waals surface area contributed by atoms with Crippen LogP contribution in [0.3, 0.4) is 0 Å². The summed E-state index contributed by atoms with van der Waals surface area (Å²) in [6, 6.07) is 7.78. The van der Waals surface area contributed by atoms with Gasteiger partial charge in [0.15, 0.2) is 0 Å². The second kappa shape index (κ2) is 4.16. The lowest BCUT2D eigenvalue weighted by Crippen LogP contribution is -1.95. The third-order valence-electron chi connectivity index (χ3n) is 2.54. The van der Waals surface area contributed by atoms with Crippen molar-refractivity contribution in [2.24, 2.45) is 0 Å². The van der Waals surface area contributed by atoms with Crippen molar-refractivity contribution in [3.8, 4) is 0 Å². The molecule has 2 heteroatoms. The van der Waals surface area contributed by atoms with Crippen molar-refractivity contribution in [1.82, 2.24) is 0 Å². The van der Waals surface area contributed by atoms with E-state index in [1.54, 1.807) is 0 Å². The summed E-state index contributed by atoms with van der Waals surface area (Å²) in [5.74, 6) is 0. The second-order valence-corrected chi connectivity index (χ2v) is 4.19. The van der Waals surface area contributed by atoms with Gasteiger partial charge in [0.2, 0.25) is 0 Å². The Hall–Kier alpha value is -0.790. The minimum Gasteiger partial charge on any atom is -0.393 e. The van der Waals surface area contributed by atoms with Gasteiger partial charge in [-0.3, -0.25) is 0 Å². The summed E-state index contributed by atoms with van der Waals surface area (Å²) < 4.78 is 0. The molecule has 0 aromatic heterocycles. The van der Waals surface area contributed by atoms with Gasteiger partial charge in [-0.15, -0.1) is 0 Å². The molecule has 1 fully saturated rings. The maximum atomic E-state index is 9.36. The van der Waals surface area contributed by atoms with Gasteiger partial charge >= 0.3 is 0 Å². The number of aliphatic hydroxyl groups is 1. The molecule has 1 aliphatic rings. The van der Waals surface area contributed by atoms with Crippen molar-refractivity contribution >= 4 is 17.7 Å². The molecule has 1 unspecified atom stereocenters. The molecule has 0 radical (unpaired) electrons. The van der Waals surface area contributed by atoms with Gasteiger partial charge in [0.05, 0.1) is 6.10 Å². The highest BCUT2D eigenvalue weighted by molar-refractivity contribution is 6.30. The lowest BCUT2D eigenvalue weighted by atomic mass is 10.1. The fourth-order valence-electron chi connectivity index (χ4n) is 1.78. The number of benzene rings is 1. The molecule has 1 aromatic rings. The van der Waals surface area contributed by atoms with Gasteiger partial charge in [-0.25, -0.2) is 0 Å². The molecule has 1 aromatic carbocycles. The van der Waals surface area contributed by atoms with Crippen LogP contribution in [0.2, 0.25) is 5.02 Å². The van der Waals surface area contributed by atoms with E-state index in [0.29, 0.717) is 0 Å². The van der Waals surface area contributed by atoms with Gasteiger partial charge in [-0.1, -0.05) is 35.4 Å². The maximum absolute atomic E-state index is 9.36. The molecule has 1 nitrogen and oxygen atoms in total. The molecule has 14 heavy (non-hydrogen) atoms. The quantitative estimate of drug-likeness (QED) is 0.751. The van der Waals surface area contributed by atoms with E-state index in [0.717, 1.165) is 24.3 Å². The second-order valence-electron chi connectivity index (χ2n) is 3.75. The van der Waals surface area contributed by atoms with E-state index in [-0.39, 0.29) is 6.10 Å². The summed E-state index contributed by atoms with van der Waals surface area (Å²) in [5, 5.41) is 10.1. The van der Waals surface area contributed by atoms with E-state index in [1.165, 1.54) is 11.1 Å². The monoisotopic (exact) mass is 208 g/mol. The molecule has 0 bridgehead atoms. The molecule has 0 amide bonds. The van der Waals surface area contributed by atoms with Crippen molar-refractivity contribution in [1.29, 1.82) is 0 Å². The zero-order valence-electron chi connectivity index (χ0n) is 7.91. The first-order chi connectivity index (χ1) is 6.74. The summed E-state index contributed by atoms with van der Waals surface area (Å²) in [6.45, 7) is 0. The highest BCUT2D eigenvalue weighted by Crippen LogP contribution is 2.26. The summed E-state index contributed by atoms with van der Waals surface area (Å²) in [6.07, 6.45) is 4.76. The molecule has 2 rings (SSSR count). The third kappa shape index (κ3) is 2.37. The van der Waals surface area contributed by atoms with Gasteiger partial charge in [0.1, 0.15) is 0 Å². The molecule has 1 saturated carbocycles. The Kier molecular flexibility index (Phi) is 2.90. The van der Waals surface area contributed by atoms with Crippen LogP contribution >= 0.6 is 11.6 Å². The van der Waals surface area contributed by atoms with E-state index in [1.807, 2.05) is 24.3 Å². The molecule has 1 N–H and O–H groups in total. The number of aliphatic hydroxyl groups excluding tert-OH is 1. The Morgan fingerprint density at radius 3 is 2.57 bits per heavy atom. The predicted molar refractivity (Wildman–Crippen MR) is 59.3 cm³/mol. The fraction of sp³-hybridized carbons (Fsp3) is 0.333. The lowest BCUT2D eigenvalue weighted by Gasteiger charge is -1.98. The Morgan fingerprint density at radius 1 is 1.29 bits per heavy atom. The van der Waals surface area contributed by atoms with Crippen molar-refractivity contribution in [3.63, 3.8) is 0 Å². The number of hydrogen-bond donors (Lipinski definition) is 1. The maximum Gasteiger partial charge on any atom is 0.0580 e. The minimum absolute atomic E-state index is 0.131. The Morgan fingerprint density at radius 2 is 2.00 bits per heavy atom. The molecular weight excluding hydrogens is 196 g/mol. The number of halogens is 1.